The van der Waals surface area contributed by atoms with Crippen molar-refractivity contribution in [2.24, 2.45) is 0 Å². The molecule has 0 heterocycles. The molecule has 0 N–H and O–H groups in total. The first-order valence-electron chi connectivity index (χ1n) is 27.1. The molecule has 74 heavy (non-hydrogen) atoms. The van der Waals surface area contributed by atoms with Crippen LogP contribution in [0.2, 0.25) is 0 Å². The normalized spacial score (nSPS) is 14.7. The summed E-state index contributed by atoms with van der Waals surface area (Å²) in [7, 11) is 0. The van der Waals surface area contributed by atoms with Gasteiger partial charge in [-0.05, 0) is 196 Å². The van der Waals surface area contributed by atoms with Gasteiger partial charge in [0, 0.05) is 44.7 Å². The van der Waals surface area contributed by atoms with Crippen LogP contribution < -0.4 is 9.80 Å². The lowest BCUT2D eigenvalue weighted by atomic mass is 9.79. The van der Waals surface area contributed by atoms with E-state index in [1.807, 2.05) is 0 Å². The van der Waals surface area contributed by atoms with Crippen molar-refractivity contribution in [3.63, 3.8) is 0 Å². The highest BCUT2D eigenvalue weighted by Crippen LogP contribution is 2.60. The van der Waals surface area contributed by atoms with E-state index in [0.29, 0.717) is 0 Å². The zero-order valence-electron chi connectivity index (χ0n) is 47.1. The van der Waals surface area contributed by atoms with Gasteiger partial charge in [-0.1, -0.05) is 190 Å². The molecule has 2 nitrogen and oxygen atoms in total. The number of fused-ring (bicyclic) bond motifs is 9. The van der Waals surface area contributed by atoms with Crippen molar-refractivity contribution < 1.29 is 0 Å². The van der Waals surface area contributed by atoms with Crippen molar-refractivity contribution in [2.45, 2.75) is 143 Å². The summed E-state index contributed by atoms with van der Waals surface area (Å²) in [6, 6.07) is 65.9. The van der Waals surface area contributed by atoms with Gasteiger partial charge < -0.3 is 9.80 Å². The highest BCUT2D eigenvalue weighted by atomic mass is 15.1. The summed E-state index contributed by atoms with van der Waals surface area (Å²) in [5.41, 5.74) is 22.9. The van der Waals surface area contributed by atoms with Crippen molar-refractivity contribution in [1.82, 2.24) is 0 Å². The van der Waals surface area contributed by atoms with Gasteiger partial charge in [-0.2, -0.15) is 0 Å². The average molecular weight is 969 g/mol. The number of anilines is 6. The molecule has 11 rings (SSSR count). The molecular formula is C72H76N2. The molecular weight excluding hydrogens is 893 g/mol. The average Bonchev–Trinajstić information content (AvgIpc) is 3.75. The Morgan fingerprint density at radius 3 is 1.08 bits per heavy atom. The Hall–Kier alpha value is -6.90. The number of benzene rings is 9. The lowest BCUT2D eigenvalue weighted by Gasteiger charge is -2.31. The van der Waals surface area contributed by atoms with Crippen LogP contribution in [0.25, 0.3) is 43.8 Å². The third-order valence-electron chi connectivity index (χ3n) is 16.9. The first kappa shape index (κ1) is 49.3. The maximum absolute atomic E-state index is 2.59. The van der Waals surface area contributed by atoms with Crippen LogP contribution in [-0.4, -0.2) is 0 Å². The summed E-state index contributed by atoms with van der Waals surface area (Å²) in [5.74, 6) is 0. The fraction of sp³-hybridized carbons (Fsp3) is 0.306. The minimum Gasteiger partial charge on any atom is -0.310 e. The largest absolute Gasteiger partial charge is 0.310 e. The monoisotopic (exact) mass is 969 g/mol. The van der Waals surface area contributed by atoms with Gasteiger partial charge in [0.15, 0.2) is 0 Å². The van der Waals surface area contributed by atoms with Crippen LogP contribution >= 0.6 is 0 Å². The summed E-state index contributed by atoms with van der Waals surface area (Å²) < 4.78 is 0. The zero-order valence-corrected chi connectivity index (χ0v) is 47.1. The molecule has 0 unspecified atom stereocenters. The van der Waals surface area contributed by atoms with Crippen LogP contribution in [0.5, 0.6) is 0 Å². The molecule has 0 amide bonds. The molecule has 0 bridgehead atoms. The van der Waals surface area contributed by atoms with Gasteiger partial charge in [0.05, 0.1) is 5.69 Å². The number of hydrogen-bond donors (Lipinski definition) is 0. The van der Waals surface area contributed by atoms with Gasteiger partial charge >= 0.3 is 0 Å². The summed E-state index contributed by atoms with van der Waals surface area (Å²) in [5, 5.41) is 5.06. The standard InChI is InChI=1S/C72H76N2/c1-67(2,3)47-21-29-51(30-22-47)73(52-31-23-48(24-32-52)68(4,5)6)55-37-38-56-57-42-63-60(43-62(57)71(13,14)61(56)41-55)66-59-40-46-20-18-17-19-45(46)39-58(59)65(44-64(66)72(63,15)16)74(53-33-25-49(26-34-53)69(7,8)9)54-35-27-50(28-36-54)70(10,11)12/h17-44H,1-16H3. The highest BCUT2D eigenvalue weighted by molar-refractivity contribution is 6.14. The second kappa shape index (κ2) is 16.8. The maximum atomic E-state index is 2.59. The van der Waals surface area contributed by atoms with Crippen molar-refractivity contribution in [3.8, 4) is 22.3 Å². The molecule has 0 saturated carbocycles. The third-order valence-corrected chi connectivity index (χ3v) is 16.9. The fourth-order valence-corrected chi connectivity index (χ4v) is 12.2. The van der Waals surface area contributed by atoms with Crippen molar-refractivity contribution in [3.05, 3.63) is 214 Å². The lowest BCUT2D eigenvalue weighted by Crippen LogP contribution is -2.18. The summed E-state index contributed by atoms with van der Waals surface area (Å²) in [6.45, 7) is 37.3. The smallest absolute Gasteiger partial charge is 0.0543 e. The fourth-order valence-electron chi connectivity index (χ4n) is 12.2. The Kier molecular flexibility index (Phi) is 11.2. The topological polar surface area (TPSA) is 6.48 Å². The van der Waals surface area contributed by atoms with E-state index in [4.69, 9.17) is 0 Å². The van der Waals surface area contributed by atoms with Gasteiger partial charge in [-0.15, -0.1) is 0 Å². The van der Waals surface area contributed by atoms with E-state index in [2.05, 4.69) is 290 Å². The lowest BCUT2D eigenvalue weighted by molar-refractivity contribution is 0.590. The Labute approximate surface area is 443 Å². The van der Waals surface area contributed by atoms with Gasteiger partial charge in [0.25, 0.3) is 0 Å². The number of nitrogens with zero attached hydrogens (tertiary/aromatic N) is 2. The van der Waals surface area contributed by atoms with E-state index in [1.165, 1.54) is 99.7 Å². The van der Waals surface area contributed by atoms with Crippen LogP contribution in [0, 0.1) is 0 Å². The minimum absolute atomic E-state index is 0.0442. The molecule has 0 fully saturated rings. The Morgan fingerprint density at radius 2 is 0.649 bits per heavy atom. The van der Waals surface area contributed by atoms with E-state index in [1.54, 1.807) is 0 Å². The van der Waals surface area contributed by atoms with Crippen LogP contribution in [0.15, 0.2) is 170 Å². The Morgan fingerprint density at radius 1 is 0.297 bits per heavy atom. The number of rotatable bonds is 6. The van der Waals surface area contributed by atoms with Crippen LogP contribution in [-0.2, 0) is 32.5 Å². The van der Waals surface area contributed by atoms with E-state index >= 15 is 0 Å². The van der Waals surface area contributed by atoms with Crippen molar-refractivity contribution >= 4 is 55.7 Å². The van der Waals surface area contributed by atoms with Crippen molar-refractivity contribution in [2.75, 3.05) is 9.80 Å². The SMILES string of the molecule is CC(C)(C)c1ccc(N(c2ccc(C(C)(C)C)cc2)c2ccc3c(c2)C(C)(C)c2cc4c(cc2-3)C(C)(C)c2cc(N(c3ccc(C(C)(C)C)cc3)c3ccc(C(C)(C)C)cc3)c3cc5ccccc5cc3c2-4)cc1. The molecule has 0 aliphatic heterocycles. The molecule has 374 valence electrons. The van der Waals surface area contributed by atoms with Crippen LogP contribution in [0.1, 0.15) is 155 Å². The molecule has 0 spiro atoms. The van der Waals surface area contributed by atoms with Gasteiger partial charge in [-0.3, -0.25) is 0 Å². The molecule has 0 atom stereocenters. The predicted molar refractivity (Wildman–Crippen MR) is 321 cm³/mol. The number of hydrogen-bond acceptors (Lipinski definition) is 2. The molecule has 2 aliphatic carbocycles. The first-order valence-corrected chi connectivity index (χ1v) is 27.1. The van der Waals surface area contributed by atoms with Crippen LogP contribution in [0.3, 0.4) is 0 Å². The van der Waals surface area contributed by atoms with Gasteiger partial charge in [0.1, 0.15) is 0 Å². The zero-order chi connectivity index (χ0) is 52.7. The third kappa shape index (κ3) is 8.16. The van der Waals surface area contributed by atoms with E-state index < -0.39 is 0 Å². The molecule has 0 aromatic heterocycles. The van der Waals surface area contributed by atoms with Gasteiger partial charge in [-0.25, -0.2) is 0 Å². The highest BCUT2D eigenvalue weighted by Gasteiger charge is 2.43. The Balaban J connectivity index is 1.09. The first-order chi connectivity index (χ1) is 34.7. The van der Waals surface area contributed by atoms with Crippen molar-refractivity contribution in [1.29, 1.82) is 0 Å². The molecule has 0 radical (unpaired) electrons. The van der Waals surface area contributed by atoms with E-state index in [0.717, 1.165) is 22.7 Å². The summed E-state index contributed by atoms with van der Waals surface area (Å²) >= 11 is 0. The summed E-state index contributed by atoms with van der Waals surface area (Å²) in [6.07, 6.45) is 0. The van der Waals surface area contributed by atoms with Crippen LogP contribution in [0.4, 0.5) is 34.1 Å². The van der Waals surface area contributed by atoms with E-state index in [-0.39, 0.29) is 32.5 Å². The molecule has 9 aromatic carbocycles. The predicted octanol–water partition coefficient (Wildman–Crippen LogP) is 20.7. The maximum Gasteiger partial charge on any atom is 0.0543 e. The quantitative estimate of drug-likeness (QED) is 0.153. The Bertz CT molecular complexity index is 3530. The molecule has 0 saturated heterocycles. The van der Waals surface area contributed by atoms with Gasteiger partial charge in [0.2, 0.25) is 0 Å². The molecule has 2 aliphatic rings. The second-order valence-electron chi connectivity index (χ2n) is 26.8. The summed E-state index contributed by atoms with van der Waals surface area (Å²) in [4.78, 5) is 4.97. The molecule has 9 aromatic rings. The molecule has 2 heteroatoms. The second-order valence-corrected chi connectivity index (χ2v) is 26.8. The van der Waals surface area contributed by atoms with E-state index in [9.17, 15) is 0 Å². The minimum atomic E-state index is -0.284.